The van der Waals surface area contributed by atoms with Gasteiger partial charge in [0, 0.05) is 42.2 Å². The summed E-state index contributed by atoms with van der Waals surface area (Å²) in [6.07, 6.45) is 3.52. The predicted molar refractivity (Wildman–Crippen MR) is 93.3 cm³/mol. The topological polar surface area (TPSA) is 119 Å². The molecule has 1 unspecified atom stereocenters. The highest BCUT2D eigenvalue weighted by atomic mass is 19.3. The third-order valence-electron chi connectivity index (χ3n) is 4.30. The van der Waals surface area contributed by atoms with Gasteiger partial charge < -0.3 is 15.2 Å². The van der Waals surface area contributed by atoms with Gasteiger partial charge in [0.05, 0.1) is 24.7 Å². The number of carbonyl (C=O) groups is 2. The molecule has 2 aromatic heterocycles. The summed E-state index contributed by atoms with van der Waals surface area (Å²) in [5.41, 5.74) is 0.844. The fraction of sp³-hybridized carbons (Fsp3) is 0.278. The number of hydrogen-bond acceptors (Lipinski definition) is 5. The first-order valence-electron chi connectivity index (χ1n) is 8.29. The van der Waals surface area contributed by atoms with Gasteiger partial charge in [-0.3, -0.25) is 19.4 Å². The van der Waals surface area contributed by atoms with Crippen LogP contribution in [0.4, 0.5) is 8.78 Å². The Balaban J connectivity index is 1.72. The predicted octanol–water partition coefficient (Wildman–Crippen LogP) is 0.926. The number of likely N-dealkylation sites (tertiary alicyclic amines) is 1. The Labute approximate surface area is 157 Å². The number of pyridine rings is 2. The van der Waals surface area contributed by atoms with Crippen molar-refractivity contribution in [3.05, 3.63) is 52.7 Å². The van der Waals surface area contributed by atoms with Gasteiger partial charge in [-0.25, -0.2) is 8.78 Å². The molecule has 0 saturated carbocycles. The van der Waals surface area contributed by atoms with Gasteiger partial charge in [-0.15, -0.1) is 0 Å². The summed E-state index contributed by atoms with van der Waals surface area (Å²) < 4.78 is 26.9. The summed E-state index contributed by atoms with van der Waals surface area (Å²) in [6, 6.07) is 4.70. The molecule has 8 nitrogen and oxygen atoms in total. The van der Waals surface area contributed by atoms with Crippen LogP contribution in [0, 0.1) is 11.3 Å². The number of nitrogens with one attached hydrogen (secondary N) is 2. The maximum atomic E-state index is 13.5. The van der Waals surface area contributed by atoms with E-state index in [9.17, 15) is 23.2 Å². The number of alkyl halides is 2. The van der Waals surface area contributed by atoms with E-state index in [2.05, 4.69) is 15.3 Å². The normalized spacial score (nSPS) is 17.8. The number of carbonyl (C=O) groups excluding carboxylic acids is 2. The lowest BCUT2D eigenvalue weighted by atomic mass is 10.0. The van der Waals surface area contributed by atoms with Crippen LogP contribution in [0.1, 0.15) is 16.8 Å². The average Bonchev–Trinajstić information content (AvgIpc) is 3.01. The number of halogens is 2. The van der Waals surface area contributed by atoms with E-state index in [-0.39, 0.29) is 11.1 Å². The summed E-state index contributed by atoms with van der Waals surface area (Å²) in [6.45, 7) is -1.38. The molecule has 2 amide bonds. The molecular formula is C18H15F2N5O3. The first-order chi connectivity index (χ1) is 13.3. The van der Waals surface area contributed by atoms with Crippen LogP contribution in [0.2, 0.25) is 0 Å². The number of H-pyrrole nitrogens is 1. The average molecular weight is 387 g/mol. The molecule has 1 atom stereocenters. The lowest BCUT2D eigenvalue weighted by Crippen LogP contribution is -2.43. The Kier molecular flexibility index (Phi) is 5.17. The number of nitriles is 1. The summed E-state index contributed by atoms with van der Waals surface area (Å²) in [4.78, 5) is 43.1. The first-order valence-corrected chi connectivity index (χ1v) is 8.29. The van der Waals surface area contributed by atoms with Crippen molar-refractivity contribution in [3.63, 3.8) is 0 Å². The van der Waals surface area contributed by atoms with Gasteiger partial charge in [0.15, 0.2) is 0 Å². The number of hydrogen-bond donors (Lipinski definition) is 2. The fourth-order valence-electron chi connectivity index (χ4n) is 2.95. The van der Waals surface area contributed by atoms with Crippen LogP contribution in [0.5, 0.6) is 0 Å². The first kappa shape index (κ1) is 19.2. The van der Waals surface area contributed by atoms with E-state index >= 15 is 0 Å². The van der Waals surface area contributed by atoms with Crippen molar-refractivity contribution >= 4 is 11.8 Å². The van der Waals surface area contributed by atoms with Crippen LogP contribution in [-0.2, 0) is 4.79 Å². The van der Waals surface area contributed by atoms with Crippen molar-refractivity contribution in [2.24, 2.45) is 0 Å². The molecule has 0 aliphatic carbocycles. The van der Waals surface area contributed by atoms with Crippen LogP contribution < -0.4 is 10.9 Å². The van der Waals surface area contributed by atoms with Gasteiger partial charge in [0.2, 0.25) is 11.5 Å². The second-order valence-corrected chi connectivity index (χ2v) is 6.27. The summed E-state index contributed by atoms with van der Waals surface area (Å²) >= 11 is 0. The number of aromatic amines is 1. The molecule has 0 spiro atoms. The summed E-state index contributed by atoms with van der Waals surface area (Å²) in [7, 11) is 0. The van der Waals surface area contributed by atoms with E-state index in [1.165, 1.54) is 36.8 Å². The Morgan fingerprint density at radius 1 is 1.39 bits per heavy atom. The lowest BCUT2D eigenvalue weighted by Gasteiger charge is -2.19. The van der Waals surface area contributed by atoms with Crippen molar-refractivity contribution in [2.45, 2.75) is 18.4 Å². The molecule has 1 saturated heterocycles. The number of aromatic nitrogens is 2. The van der Waals surface area contributed by atoms with Crippen LogP contribution in [0.3, 0.4) is 0 Å². The van der Waals surface area contributed by atoms with Gasteiger partial charge in [0.25, 0.3) is 11.8 Å². The highest BCUT2D eigenvalue weighted by Crippen LogP contribution is 2.31. The lowest BCUT2D eigenvalue weighted by molar-refractivity contribution is -0.131. The SMILES string of the molecule is N#CC1CC(F)(F)CN1C(=O)CNC(=O)c1ccncc1-c1ccc(=O)[nH]c1. The highest BCUT2D eigenvalue weighted by Gasteiger charge is 2.47. The van der Waals surface area contributed by atoms with Gasteiger partial charge in [0.1, 0.15) is 6.04 Å². The third kappa shape index (κ3) is 4.03. The Bertz CT molecular complexity index is 994. The molecular weight excluding hydrogens is 372 g/mol. The van der Waals surface area contributed by atoms with Crippen molar-refractivity contribution in [2.75, 3.05) is 13.1 Å². The van der Waals surface area contributed by atoms with E-state index in [0.717, 1.165) is 4.90 Å². The Hall–Kier alpha value is -3.61. The van der Waals surface area contributed by atoms with E-state index < -0.39 is 43.3 Å². The molecule has 28 heavy (non-hydrogen) atoms. The molecule has 1 aliphatic rings. The van der Waals surface area contributed by atoms with Crippen molar-refractivity contribution in [1.82, 2.24) is 20.2 Å². The molecule has 0 radical (unpaired) electrons. The maximum absolute atomic E-state index is 13.5. The molecule has 2 aromatic rings. The minimum Gasteiger partial charge on any atom is -0.343 e. The van der Waals surface area contributed by atoms with Crippen LogP contribution in [-0.4, -0.2) is 51.7 Å². The largest absolute Gasteiger partial charge is 0.343 e. The van der Waals surface area contributed by atoms with E-state index in [1.54, 1.807) is 6.07 Å². The van der Waals surface area contributed by atoms with Crippen molar-refractivity contribution in [1.29, 1.82) is 5.26 Å². The third-order valence-corrected chi connectivity index (χ3v) is 4.30. The Morgan fingerprint density at radius 2 is 2.18 bits per heavy atom. The molecule has 10 heteroatoms. The number of rotatable bonds is 4. The molecule has 0 bridgehead atoms. The second-order valence-electron chi connectivity index (χ2n) is 6.27. The number of nitrogens with zero attached hydrogens (tertiary/aromatic N) is 3. The van der Waals surface area contributed by atoms with Crippen molar-refractivity contribution in [3.8, 4) is 17.2 Å². The van der Waals surface area contributed by atoms with Gasteiger partial charge >= 0.3 is 0 Å². The zero-order valence-corrected chi connectivity index (χ0v) is 14.5. The van der Waals surface area contributed by atoms with Crippen LogP contribution in [0.15, 0.2) is 41.6 Å². The molecule has 0 aromatic carbocycles. The second kappa shape index (κ2) is 7.56. The molecule has 2 N–H and O–H groups in total. The van der Waals surface area contributed by atoms with Crippen molar-refractivity contribution < 1.29 is 18.4 Å². The Morgan fingerprint density at radius 3 is 2.86 bits per heavy atom. The van der Waals surface area contributed by atoms with E-state index in [1.807, 2.05) is 0 Å². The monoisotopic (exact) mass is 387 g/mol. The highest BCUT2D eigenvalue weighted by molar-refractivity contribution is 6.02. The fourth-order valence-corrected chi connectivity index (χ4v) is 2.95. The maximum Gasteiger partial charge on any atom is 0.268 e. The van der Waals surface area contributed by atoms with Crippen LogP contribution in [0.25, 0.3) is 11.1 Å². The van der Waals surface area contributed by atoms with Gasteiger partial charge in [-0.05, 0) is 12.1 Å². The van der Waals surface area contributed by atoms with Crippen LogP contribution >= 0.6 is 0 Å². The van der Waals surface area contributed by atoms with E-state index in [0.29, 0.717) is 11.1 Å². The molecule has 3 rings (SSSR count). The quantitative estimate of drug-likeness (QED) is 0.809. The van der Waals surface area contributed by atoms with Gasteiger partial charge in [-0.2, -0.15) is 5.26 Å². The summed E-state index contributed by atoms with van der Waals surface area (Å²) in [5, 5.41) is 11.3. The minimum atomic E-state index is -3.12. The smallest absolute Gasteiger partial charge is 0.268 e. The van der Waals surface area contributed by atoms with Gasteiger partial charge in [-0.1, -0.05) is 0 Å². The molecule has 1 aliphatic heterocycles. The minimum absolute atomic E-state index is 0.193. The molecule has 1 fully saturated rings. The number of amides is 2. The zero-order valence-electron chi connectivity index (χ0n) is 14.5. The zero-order chi connectivity index (χ0) is 20.3. The standard InChI is InChI=1S/C18H15F2N5O3/c19-18(20)5-12(6-21)25(10-18)16(27)9-24-17(28)13-3-4-22-8-14(13)11-1-2-15(26)23-7-11/h1-4,7-8,12H,5,9-10H2,(H,23,26)(H,24,28). The molecule has 144 valence electrons. The molecule has 3 heterocycles. The van der Waals surface area contributed by atoms with E-state index in [4.69, 9.17) is 5.26 Å². The summed E-state index contributed by atoms with van der Waals surface area (Å²) in [5.74, 6) is -4.50.